The Morgan fingerprint density at radius 3 is 1.79 bits per heavy atom. The topological polar surface area (TPSA) is 110 Å². The third-order valence-corrected chi connectivity index (χ3v) is 6.95. The highest BCUT2D eigenvalue weighted by molar-refractivity contribution is 5.87. The van der Waals surface area contributed by atoms with Crippen LogP contribution in [0, 0.1) is 0 Å². The number of hydrogen-bond donors (Lipinski definition) is 2. The number of fused-ring (bicyclic) bond motifs is 2. The first-order valence-electron chi connectivity index (χ1n) is 13.2. The first-order valence-corrected chi connectivity index (χ1v) is 13.2. The number of para-hydroxylation sites is 3. The summed E-state index contributed by atoms with van der Waals surface area (Å²) in [6, 6.07) is 20.2. The first-order chi connectivity index (χ1) is 19.0. The molecule has 7 nitrogen and oxygen atoms in total. The number of benzene rings is 3. The van der Waals surface area contributed by atoms with Crippen molar-refractivity contribution in [2.45, 2.75) is 44.9 Å². The van der Waals surface area contributed by atoms with Crippen molar-refractivity contribution in [3.05, 3.63) is 110 Å². The third kappa shape index (κ3) is 5.12. The van der Waals surface area contributed by atoms with Crippen LogP contribution in [-0.4, -0.2) is 16.8 Å². The van der Waals surface area contributed by atoms with E-state index < -0.39 is 17.2 Å². The molecule has 0 saturated heterocycles. The van der Waals surface area contributed by atoms with Gasteiger partial charge in [-0.2, -0.15) is 0 Å². The molecule has 0 saturated carbocycles. The standard InChI is InChI=1S/C32H30O7/c1-2-3-4-5-12-19-37-23-16-9-6-13-20(23)26(27-29(33)21-14-7-10-17-24(21)38-31(27)35)28-30(34)22-15-8-11-18-25(22)39-32(28)36/h6-11,13-18,26,33-34H,2-5,12,19H2,1H3. The predicted molar refractivity (Wildman–Crippen MR) is 150 cm³/mol. The molecule has 2 N–H and O–H groups in total. The van der Waals surface area contributed by atoms with Gasteiger partial charge in [0.15, 0.2) is 0 Å². The van der Waals surface area contributed by atoms with Crippen LogP contribution in [0.1, 0.15) is 61.6 Å². The fourth-order valence-electron chi connectivity index (χ4n) is 5.00. The largest absolute Gasteiger partial charge is 0.507 e. The summed E-state index contributed by atoms with van der Waals surface area (Å²) in [6.07, 6.45) is 5.27. The van der Waals surface area contributed by atoms with E-state index in [1.165, 1.54) is 0 Å². The van der Waals surface area contributed by atoms with Crippen molar-refractivity contribution in [3.63, 3.8) is 0 Å². The molecule has 0 aliphatic carbocycles. The van der Waals surface area contributed by atoms with E-state index in [1.807, 2.05) is 0 Å². The molecule has 0 radical (unpaired) electrons. The molecular formula is C32H30O7. The van der Waals surface area contributed by atoms with E-state index in [1.54, 1.807) is 72.8 Å². The molecule has 0 atom stereocenters. The number of aromatic hydroxyl groups is 2. The number of ether oxygens (including phenoxy) is 1. The lowest BCUT2D eigenvalue weighted by atomic mass is 9.84. The highest BCUT2D eigenvalue weighted by atomic mass is 16.5. The lowest BCUT2D eigenvalue weighted by Crippen LogP contribution is -2.22. The molecular weight excluding hydrogens is 496 g/mol. The second-order valence-electron chi connectivity index (χ2n) is 9.53. The van der Waals surface area contributed by atoms with Gasteiger partial charge in [0, 0.05) is 5.56 Å². The first kappa shape index (κ1) is 26.1. The predicted octanol–water partition coefficient (Wildman–Crippen LogP) is 6.84. The van der Waals surface area contributed by atoms with Gasteiger partial charge in [-0.3, -0.25) is 0 Å². The summed E-state index contributed by atoms with van der Waals surface area (Å²) >= 11 is 0. The maximum absolute atomic E-state index is 13.4. The van der Waals surface area contributed by atoms with E-state index in [2.05, 4.69) is 6.92 Å². The van der Waals surface area contributed by atoms with E-state index in [0.717, 1.165) is 32.1 Å². The van der Waals surface area contributed by atoms with Crippen LogP contribution in [-0.2, 0) is 0 Å². The minimum absolute atomic E-state index is 0.189. The normalized spacial score (nSPS) is 11.4. The van der Waals surface area contributed by atoms with E-state index in [0.29, 0.717) is 28.7 Å². The van der Waals surface area contributed by atoms with Gasteiger partial charge < -0.3 is 23.8 Å². The zero-order valence-corrected chi connectivity index (χ0v) is 21.7. The van der Waals surface area contributed by atoms with Crippen molar-refractivity contribution >= 4 is 21.9 Å². The molecule has 0 unspecified atom stereocenters. The van der Waals surface area contributed by atoms with Crippen LogP contribution in [0.2, 0.25) is 0 Å². The summed E-state index contributed by atoms with van der Waals surface area (Å²) < 4.78 is 17.3. The molecule has 0 fully saturated rings. The highest BCUT2D eigenvalue weighted by Gasteiger charge is 2.34. The summed E-state index contributed by atoms with van der Waals surface area (Å²) in [5, 5.41) is 23.4. The van der Waals surface area contributed by atoms with Gasteiger partial charge in [-0.25, -0.2) is 9.59 Å². The van der Waals surface area contributed by atoms with Crippen LogP contribution in [0.4, 0.5) is 0 Å². The van der Waals surface area contributed by atoms with Gasteiger partial charge in [-0.15, -0.1) is 0 Å². The molecule has 2 aromatic heterocycles. The molecule has 0 spiro atoms. The van der Waals surface area contributed by atoms with Crippen molar-refractivity contribution in [2.75, 3.05) is 6.61 Å². The van der Waals surface area contributed by atoms with Crippen LogP contribution in [0.3, 0.4) is 0 Å². The third-order valence-electron chi connectivity index (χ3n) is 6.95. The quantitative estimate of drug-likeness (QED) is 0.151. The summed E-state index contributed by atoms with van der Waals surface area (Å²) in [5.41, 5.74) is -1.23. The van der Waals surface area contributed by atoms with Crippen LogP contribution in [0.15, 0.2) is 91.2 Å². The van der Waals surface area contributed by atoms with Gasteiger partial charge in [-0.1, -0.05) is 75.1 Å². The smallest absolute Gasteiger partial charge is 0.344 e. The van der Waals surface area contributed by atoms with Crippen LogP contribution >= 0.6 is 0 Å². The van der Waals surface area contributed by atoms with Gasteiger partial charge in [0.1, 0.15) is 28.4 Å². The van der Waals surface area contributed by atoms with E-state index in [-0.39, 0.29) is 33.8 Å². The monoisotopic (exact) mass is 526 g/mol. The Balaban J connectivity index is 1.72. The Bertz CT molecular complexity index is 1630. The maximum atomic E-state index is 13.4. The molecule has 0 aliphatic heterocycles. The van der Waals surface area contributed by atoms with E-state index >= 15 is 0 Å². The molecule has 0 bridgehead atoms. The van der Waals surface area contributed by atoms with Gasteiger partial charge in [0.05, 0.1) is 34.4 Å². The Labute approximate surface area is 224 Å². The van der Waals surface area contributed by atoms with Crippen LogP contribution < -0.4 is 16.0 Å². The molecule has 5 aromatic rings. The molecule has 39 heavy (non-hydrogen) atoms. The SMILES string of the molecule is CCCCCCCOc1ccccc1C(c1c(O)c2ccccc2oc1=O)c1c(O)c2ccccc2oc1=O. The second-order valence-corrected chi connectivity index (χ2v) is 9.53. The molecule has 7 heteroatoms. The van der Waals surface area contributed by atoms with Crippen molar-refractivity contribution in [3.8, 4) is 17.2 Å². The van der Waals surface area contributed by atoms with Gasteiger partial charge in [0.2, 0.25) is 0 Å². The zero-order chi connectivity index (χ0) is 27.4. The number of unbranched alkanes of at least 4 members (excludes halogenated alkanes) is 4. The maximum Gasteiger partial charge on any atom is 0.344 e. The van der Waals surface area contributed by atoms with Gasteiger partial charge in [-0.05, 0) is 36.8 Å². The molecule has 0 amide bonds. The molecule has 3 aromatic carbocycles. The molecule has 2 heterocycles. The van der Waals surface area contributed by atoms with E-state index in [4.69, 9.17) is 13.6 Å². The average Bonchev–Trinajstić information content (AvgIpc) is 2.94. The Morgan fingerprint density at radius 1 is 0.692 bits per heavy atom. The number of rotatable bonds is 10. The van der Waals surface area contributed by atoms with Gasteiger partial charge in [0.25, 0.3) is 0 Å². The van der Waals surface area contributed by atoms with Crippen LogP contribution in [0.25, 0.3) is 21.9 Å². The van der Waals surface area contributed by atoms with Crippen molar-refractivity contribution < 1.29 is 23.8 Å². The fraction of sp³-hybridized carbons (Fsp3) is 0.250. The van der Waals surface area contributed by atoms with E-state index in [9.17, 15) is 19.8 Å². The fourth-order valence-corrected chi connectivity index (χ4v) is 5.00. The van der Waals surface area contributed by atoms with Crippen molar-refractivity contribution in [2.24, 2.45) is 0 Å². The molecule has 0 aliphatic rings. The van der Waals surface area contributed by atoms with Crippen molar-refractivity contribution in [1.82, 2.24) is 0 Å². The Morgan fingerprint density at radius 2 is 1.21 bits per heavy atom. The lowest BCUT2D eigenvalue weighted by molar-refractivity contribution is 0.301. The minimum Gasteiger partial charge on any atom is -0.507 e. The minimum atomic E-state index is -1.23. The summed E-state index contributed by atoms with van der Waals surface area (Å²) in [4.78, 5) is 26.8. The highest BCUT2D eigenvalue weighted by Crippen LogP contribution is 2.44. The van der Waals surface area contributed by atoms with Crippen molar-refractivity contribution in [1.29, 1.82) is 0 Å². The molecule has 200 valence electrons. The van der Waals surface area contributed by atoms with Gasteiger partial charge >= 0.3 is 11.3 Å². The summed E-state index contributed by atoms with van der Waals surface area (Å²) in [5.74, 6) is -1.48. The van der Waals surface area contributed by atoms with Crippen LogP contribution in [0.5, 0.6) is 17.2 Å². The molecule has 5 rings (SSSR count). The summed E-state index contributed by atoms with van der Waals surface area (Å²) in [6.45, 7) is 2.59. The second kappa shape index (κ2) is 11.5. The number of hydrogen-bond acceptors (Lipinski definition) is 7. The lowest BCUT2D eigenvalue weighted by Gasteiger charge is -2.22. The summed E-state index contributed by atoms with van der Waals surface area (Å²) in [7, 11) is 0. The Kier molecular flexibility index (Phi) is 7.68. The average molecular weight is 527 g/mol. The Hall–Kier alpha value is -4.52. The zero-order valence-electron chi connectivity index (χ0n) is 21.7.